The number of carboxylic acids is 5. The largest absolute Gasteiger partial charge is 0.480 e. The molecule has 8 N–H and O–H groups in total. The fourth-order valence-electron chi connectivity index (χ4n) is 0. The molecule has 0 aliphatic heterocycles. The lowest BCUT2D eigenvalue weighted by Gasteiger charge is -1.72. The number of aliphatic hydroxyl groups is 3. The Morgan fingerprint density at radius 3 is 0.640 bits per heavy atom. The molecule has 13 nitrogen and oxygen atoms in total. The van der Waals surface area contributed by atoms with Crippen molar-refractivity contribution in [2.24, 2.45) is 0 Å². The summed E-state index contributed by atoms with van der Waals surface area (Å²) in [5.74, 6) is -5.53. The summed E-state index contributed by atoms with van der Waals surface area (Å²) in [5, 5.41) is 60.3. The smallest absolute Gasteiger partial charge is 0.329 e. The number of hydrogen-bond donors (Lipinski definition) is 8. The van der Waals surface area contributed by atoms with Gasteiger partial charge >= 0.3 is 29.8 Å². The highest BCUT2D eigenvalue weighted by atomic mass is 16.4. The summed E-state index contributed by atoms with van der Waals surface area (Å²) in [6.07, 6.45) is 1.67. The van der Waals surface area contributed by atoms with E-state index in [9.17, 15) is 9.59 Å². The van der Waals surface area contributed by atoms with Crippen molar-refractivity contribution in [1.29, 1.82) is 0 Å². The minimum atomic E-state index is -1.19. The predicted molar refractivity (Wildman–Crippen MR) is 79.8 cm³/mol. The van der Waals surface area contributed by atoms with Crippen LogP contribution in [0.4, 0.5) is 0 Å². The minimum absolute atomic E-state index is 0.778. The molecule has 0 aliphatic carbocycles. The zero-order valence-electron chi connectivity index (χ0n) is 12.8. The lowest BCUT2D eigenvalue weighted by molar-refractivity contribution is -0.141. The third-order valence-electron chi connectivity index (χ3n) is 0.755. The van der Waals surface area contributed by atoms with Gasteiger partial charge in [-0.15, -0.1) is 0 Å². The number of hydrogen-bond acceptors (Lipinski definition) is 8. The average molecular weight is 372 g/mol. The first kappa shape index (κ1) is 33.3. The van der Waals surface area contributed by atoms with E-state index in [2.05, 4.69) is 13.2 Å². The van der Waals surface area contributed by atoms with Gasteiger partial charge in [-0.1, -0.05) is 13.2 Å². The summed E-state index contributed by atoms with van der Waals surface area (Å²) in [6.45, 7) is 3.59. The Bertz CT molecular complexity index is 362. The van der Waals surface area contributed by atoms with Crippen molar-refractivity contribution in [3.8, 4) is 0 Å². The Morgan fingerprint density at radius 1 is 0.560 bits per heavy atom. The number of aliphatic hydroxyl groups excluding tert-OH is 3. The summed E-state index contributed by atoms with van der Waals surface area (Å²) in [7, 11) is 0. The van der Waals surface area contributed by atoms with E-state index in [1.807, 2.05) is 0 Å². The molecule has 146 valence electrons. The fourth-order valence-corrected chi connectivity index (χ4v) is 0. The van der Waals surface area contributed by atoms with Gasteiger partial charge in [0.15, 0.2) is 0 Å². The maximum atomic E-state index is 9.25. The monoisotopic (exact) mass is 372 g/mol. The van der Waals surface area contributed by atoms with E-state index < -0.39 is 49.7 Å². The lowest BCUT2D eigenvalue weighted by atomic mass is 10.7. The van der Waals surface area contributed by atoms with E-state index in [4.69, 9.17) is 55.2 Å². The molecule has 0 rings (SSSR count). The zero-order chi connectivity index (χ0) is 21.4. The van der Waals surface area contributed by atoms with Gasteiger partial charge in [0, 0.05) is 12.2 Å². The van der Waals surface area contributed by atoms with Crippen LogP contribution < -0.4 is 0 Å². The van der Waals surface area contributed by atoms with Crippen LogP contribution >= 0.6 is 0 Å². The summed E-state index contributed by atoms with van der Waals surface area (Å²) >= 11 is 0. The summed E-state index contributed by atoms with van der Waals surface area (Å²) in [4.78, 5) is 45.9. The highest BCUT2D eigenvalue weighted by molar-refractivity contribution is 5.79. The molecular formula is C12H20O13. The van der Waals surface area contributed by atoms with Crippen LogP contribution in [0, 0.1) is 0 Å². The number of rotatable bonds is 5. The highest BCUT2D eigenvalue weighted by Crippen LogP contribution is 1.55. The van der Waals surface area contributed by atoms with Crippen molar-refractivity contribution in [3.05, 3.63) is 25.3 Å². The number of carboxylic acid groups (broad SMARTS) is 5. The van der Waals surface area contributed by atoms with Crippen LogP contribution in [0.5, 0.6) is 0 Å². The molecule has 0 unspecified atom stereocenters. The Labute approximate surface area is 141 Å². The molecule has 0 aromatic rings. The van der Waals surface area contributed by atoms with E-state index >= 15 is 0 Å². The molecule has 0 amide bonds. The molecule has 0 aromatic carbocycles. The van der Waals surface area contributed by atoms with Crippen molar-refractivity contribution >= 4 is 29.8 Å². The van der Waals surface area contributed by atoms with Crippen LogP contribution in [0.1, 0.15) is 0 Å². The second-order valence-electron chi connectivity index (χ2n) is 2.74. The predicted octanol–water partition coefficient (Wildman–Crippen LogP) is -2.30. The Morgan fingerprint density at radius 2 is 0.640 bits per heavy atom. The van der Waals surface area contributed by atoms with E-state index in [-0.39, 0.29) is 0 Å². The Kier molecular flexibility index (Phi) is 38.4. The van der Waals surface area contributed by atoms with Gasteiger partial charge in [0.05, 0.1) is 0 Å². The molecule has 13 heteroatoms. The minimum Gasteiger partial charge on any atom is -0.480 e. The second kappa shape index (κ2) is 28.8. The first-order chi connectivity index (χ1) is 11.4. The fraction of sp³-hybridized carbons (Fsp3) is 0.250. The quantitative estimate of drug-likeness (QED) is 0.237. The third-order valence-corrected chi connectivity index (χ3v) is 0.755. The van der Waals surface area contributed by atoms with E-state index in [1.54, 1.807) is 0 Å². The van der Waals surface area contributed by atoms with Gasteiger partial charge in [-0.25, -0.2) is 24.0 Å². The van der Waals surface area contributed by atoms with Crippen LogP contribution in [0.15, 0.2) is 25.3 Å². The van der Waals surface area contributed by atoms with Crippen LogP contribution in [0.3, 0.4) is 0 Å². The number of carbonyl (C=O) groups is 5. The van der Waals surface area contributed by atoms with Gasteiger partial charge in [-0.05, 0) is 0 Å². The zero-order valence-corrected chi connectivity index (χ0v) is 12.8. The highest BCUT2D eigenvalue weighted by Gasteiger charge is 1.83. The number of aliphatic carboxylic acids is 5. The molecule has 0 bridgehead atoms. The SMILES string of the molecule is C=CC(=O)O.C=CC(=O)O.O=C(O)CO.O=C(O)CO.O=C(O)CO. The van der Waals surface area contributed by atoms with E-state index in [0.717, 1.165) is 12.2 Å². The first-order valence-corrected chi connectivity index (χ1v) is 5.54. The van der Waals surface area contributed by atoms with Crippen LogP contribution in [0.25, 0.3) is 0 Å². The van der Waals surface area contributed by atoms with Gasteiger partial charge in [-0.2, -0.15) is 0 Å². The van der Waals surface area contributed by atoms with Crippen LogP contribution in [-0.2, 0) is 24.0 Å². The molecule has 0 atom stereocenters. The molecule has 0 aliphatic rings. The first-order valence-electron chi connectivity index (χ1n) is 5.54. The maximum Gasteiger partial charge on any atom is 0.329 e. The van der Waals surface area contributed by atoms with Crippen molar-refractivity contribution < 1.29 is 64.8 Å². The molecule has 0 saturated carbocycles. The topological polar surface area (TPSA) is 247 Å². The third kappa shape index (κ3) is 161. The molecule has 0 aromatic heterocycles. The van der Waals surface area contributed by atoms with Gasteiger partial charge < -0.3 is 40.9 Å². The average Bonchev–Trinajstić information content (AvgIpc) is 2.56. The second-order valence-corrected chi connectivity index (χ2v) is 2.74. The molecule has 0 radical (unpaired) electrons. The van der Waals surface area contributed by atoms with Gasteiger partial charge in [0.1, 0.15) is 19.8 Å². The van der Waals surface area contributed by atoms with Crippen molar-refractivity contribution in [2.75, 3.05) is 19.8 Å². The molecule has 0 spiro atoms. The van der Waals surface area contributed by atoms with Crippen LogP contribution in [0.2, 0.25) is 0 Å². The van der Waals surface area contributed by atoms with Crippen molar-refractivity contribution in [2.45, 2.75) is 0 Å². The van der Waals surface area contributed by atoms with E-state index in [1.165, 1.54) is 0 Å². The molecule has 0 fully saturated rings. The summed E-state index contributed by atoms with van der Waals surface area (Å²) in [6, 6.07) is 0. The van der Waals surface area contributed by atoms with Gasteiger partial charge in [0.2, 0.25) is 0 Å². The summed E-state index contributed by atoms with van der Waals surface area (Å²) < 4.78 is 0. The molecule has 0 saturated heterocycles. The van der Waals surface area contributed by atoms with Gasteiger partial charge in [0.25, 0.3) is 0 Å². The Balaban J connectivity index is -0.0000000667. The lowest BCUT2D eigenvalue weighted by Crippen LogP contribution is -1.98. The molecule has 0 heterocycles. The van der Waals surface area contributed by atoms with E-state index in [0.29, 0.717) is 0 Å². The summed E-state index contributed by atoms with van der Waals surface area (Å²) in [5.41, 5.74) is 0. The van der Waals surface area contributed by atoms with Crippen molar-refractivity contribution in [1.82, 2.24) is 0 Å². The Hall–Kier alpha value is -3.29. The maximum absolute atomic E-state index is 9.25. The normalized spacial score (nSPS) is 7.00. The van der Waals surface area contributed by atoms with Crippen molar-refractivity contribution in [3.63, 3.8) is 0 Å². The molecule has 25 heavy (non-hydrogen) atoms. The van der Waals surface area contributed by atoms with Gasteiger partial charge in [-0.3, -0.25) is 0 Å². The molecular weight excluding hydrogens is 352 g/mol. The standard InChI is InChI=1S/2C3H4O2.3C2H4O3/c2*1-2-3(4)5;3*3-1-2(4)5/h2*2H,1H2,(H,4,5);3*3H,1H2,(H,4,5). The van der Waals surface area contributed by atoms with Crippen LogP contribution in [-0.4, -0.2) is 90.5 Å².